The summed E-state index contributed by atoms with van der Waals surface area (Å²) < 4.78 is 10.9. The molecule has 2 N–H and O–H groups in total. The van der Waals surface area contributed by atoms with Crippen molar-refractivity contribution in [1.82, 2.24) is 10.6 Å². The van der Waals surface area contributed by atoms with Crippen LogP contribution in [0.5, 0.6) is 11.5 Å². The van der Waals surface area contributed by atoms with E-state index >= 15 is 0 Å². The molecule has 2 rings (SSSR count). The number of hydrogen-bond donors (Lipinski definition) is 2. The van der Waals surface area contributed by atoms with Gasteiger partial charge in [-0.25, -0.2) is 0 Å². The minimum absolute atomic E-state index is 0. The number of nitrogens with one attached hydrogen (secondary N) is 2. The molecular weight excluding hydrogens is 437 g/mol. The molecule has 1 aliphatic heterocycles. The summed E-state index contributed by atoms with van der Waals surface area (Å²) >= 11 is 2.04. The number of nitrogens with zero attached hydrogens (tertiary/aromatic N) is 1. The summed E-state index contributed by atoms with van der Waals surface area (Å²) in [5.41, 5.74) is 1.13. The van der Waals surface area contributed by atoms with E-state index in [4.69, 9.17) is 9.47 Å². The van der Waals surface area contributed by atoms with Crippen LogP contribution >= 0.6 is 35.7 Å². The average molecular weight is 465 g/mol. The quantitative estimate of drug-likeness (QED) is 0.368. The van der Waals surface area contributed by atoms with E-state index in [2.05, 4.69) is 15.6 Å². The summed E-state index contributed by atoms with van der Waals surface area (Å²) in [6.45, 7) is 4.26. The number of benzene rings is 1. The highest BCUT2D eigenvalue weighted by atomic mass is 127. The van der Waals surface area contributed by atoms with E-state index in [1.807, 2.05) is 36.9 Å². The molecule has 0 radical (unpaired) electrons. The Morgan fingerprint density at radius 1 is 1.33 bits per heavy atom. The van der Waals surface area contributed by atoms with Crippen molar-refractivity contribution in [3.8, 4) is 11.5 Å². The maximum atomic E-state index is 5.54. The zero-order valence-corrected chi connectivity index (χ0v) is 17.8. The second kappa shape index (κ2) is 11.7. The zero-order valence-electron chi connectivity index (χ0n) is 14.6. The first kappa shape index (κ1) is 21.2. The minimum Gasteiger partial charge on any atom is -0.493 e. The lowest BCUT2D eigenvalue weighted by Crippen LogP contribution is -2.39. The van der Waals surface area contributed by atoms with Crippen LogP contribution in [-0.4, -0.2) is 44.3 Å². The van der Waals surface area contributed by atoms with Gasteiger partial charge in [0.05, 0.1) is 13.7 Å². The van der Waals surface area contributed by atoms with Crippen molar-refractivity contribution in [3.63, 3.8) is 0 Å². The monoisotopic (exact) mass is 465 g/mol. The third-order valence-electron chi connectivity index (χ3n) is 3.73. The van der Waals surface area contributed by atoms with Gasteiger partial charge in [0.1, 0.15) is 0 Å². The highest BCUT2D eigenvalue weighted by Crippen LogP contribution is 2.28. The summed E-state index contributed by atoms with van der Waals surface area (Å²) in [7, 11) is 3.46. The fourth-order valence-corrected chi connectivity index (χ4v) is 3.72. The van der Waals surface area contributed by atoms with E-state index in [0.717, 1.165) is 29.6 Å². The molecule has 1 saturated heterocycles. The maximum absolute atomic E-state index is 5.54. The molecule has 7 heteroatoms. The minimum atomic E-state index is 0. The SMILES string of the molecule is CCOc1ccc(CNC(=NC)NCC2CCCS2)cc1OC.I. The molecule has 1 fully saturated rings. The van der Waals surface area contributed by atoms with Crippen molar-refractivity contribution in [2.24, 2.45) is 4.99 Å². The fraction of sp³-hybridized carbons (Fsp3) is 0.588. The Labute approximate surface area is 166 Å². The molecule has 0 aliphatic carbocycles. The first-order valence-corrected chi connectivity index (χ1v) is 9.17. The van der Waals surface area contributed by atoms with E-state index in [1.165, 1.54) is 18.6 Å². The van der Waals surface area contributed by atoms with Crippen LogP contribution in [0.15, 0.2) is 23.2 Å². The normalized spacial score (nSPS) is 17.1. The van der Waals surface area contributed by atoms with E-state index in [9.17, 15) is 0 Å². The zero-order chi connectivity index (χ0) is 16.5. The lowest BCUT2D eigenvalue weighted by molar-refractivity contribution is 0.310. The first-order valence-electron chi connectivity index (χ1n) is 8.12. The fourth-order valence-electron chi connectivity index (χ4n) is 2.52. The second-order valence-corrected chi connectivity index (χ2v) is 6.77. The van der Waals surface area contributed by atoms with Gasteiger partial charge in [-0.05, 0) is 43.2 Å². The van der Waals surface area contributed by atoms with Crippen molar-refractivity contribution in [2.45, 2.75) is 31.6 Å². The number of guanidine groups is 1. The molecule has 1 aromatic rings. The Hall–Kier alpha value is -0.830. The number of methoxy groups -OCH3 is 1. The van der Waals surface area contributed by atoms with Gasteiger partial charge < -0.3 is 20.1 Å². The highest BCUT2D eigenvalue weighted by molar-refractivity contribution is 14.0. The van der Waals surface area contributed by atoms with Crippen molar-refractivity contribution >= 4 is 41.7 Å². The third-order valence-corrected chi connectivity index (χ3v) is 5.13. The molecule has 1 heterocycles. The molecule has 1 aliphatic rings. The van der Waals surface area contributed by atoms with E-state index in [0.29, 0.717) is 18.4 Å². The molecule has 0 amide bonds. The summed E-state index contributed by atoms with van der Waals surface area (Å²) in [5.74, 6) is 3.66. The van der Waals surface area contributed by atoms with Crippen LogP contribution in [0.2, 0.25) is 0 Å². The van der Waals surface area contributed by atoms with Gasteiger partial charge in [-0.3, -0.25) is 4.99 Å². The summed E-state index contributed by atoms with van der Waals surface area (Å²) in [6, 6.07) is 5.99. The Bertz CT molecular complexity index is 523. The van der Waals surface area contributed by atoms with Crippen molar-refractivity contribution in [2.75, 3.05) is 33.1 Å². The number of aliphatic imine (C=N–C) groups is 1. The molecule has 0 saturated carbocycles. The maximum Gasteiger partial charge on any atom is 0.191 e. The Morgan fingerprint density at radius 3 is 2.79 bits per heavy atom. The Balaban J connectivity index is 0.00000288. The van der Waals surface area contributed by atoms with Crippen LogP contribution in [0.1, 0.15) is 25.3 Å². The lowest BCUT2D eigenvalue weighted by Gasteiger charge is -2.15. The van der Waals surface area contributed by atoms with Crippen LogP contribution in [0, 0.1) is 0 Å². The van der Waals surface area contributed by atoms with Gasteiger partial charge in [-0.15, -0.1) is 24.0 Å². The number of ether oxygens (including phenoxy) is 2. The van der Waals surface area contributed by atoms with Gasteiger partial charge in [0.15, 0.2) is 17.5 Å². The van der Waals surface area contributed by atoms with E-state index in [1.54, 1.807) is 14.2 Å². The number of rotatable bonds is 7. The number of halogens is 1. The predicted molar refractivity (Wildman–Crippen MR) is 113 cm³/mol. The van der Waals surface area contributed by atoms with Gasteiger partial charge >= 0.3 is 0 Å². The van der Waals surface area contributed by atoms with Crippen molar-refractivity contribution < 1.29 is 9.47 Å². The van der Waals surface area contributed by atoms with Gasteiger partial charge in [0.2, 0.25) is 0 Å². The summed E-state index contributed by atoms with van der Waals surface area (Å²) in [5, 5.41) is 7.46. The molecule has 1 aromatic carbocycles. The molecule has 1 atom stereocenters. The highest BCUT2D eigenvalue weighted by Gasteiger charge is 2.15. The number of hydrogen-bond acceptors (Lipinski definition) is 4. The van der Waals surface area contributed by atoms with Crippen LogP contribution in [0.3, 0.4) is 0 Å². The van der Waals surface area contributed by atoms with Crippen LogP contribution in [0.4, 0.5) is 0 Å². The van der Waals surface area contributed by atoms with Crippen LogP contribution in [-0.2, 0) is 6.54 Å². The first-order chi connectivity index (χ1) is 11.3. The van der Waals surface area contributed by atoms with E-state index < -0.39 is 0 Å². The topological polar surface area (TPSA) is 54.9 Å². The Kier molecular flexibility index (Phi) is 10.3. The molecule has 0 spiro atoms. The molecule has 1 unspecified atom stereocenters. The lowest BCUT2D eigenvalue weighted by atomic mass is 10.2. The second-order valence-electron chi connectivity index (χ2n) is 5.36. The van der Waals surface area contributed by atoms with Gasteiger partial charge in [-0.1, -0.05) is 6.07 Å². The number of thioether (sulfide) groups is 1. The largest absolute Gasteiger partial charge is 0.493 e. The third kappa shape index (κ3) is 6.58. The van der Waals surface area contributed by atoms with Crippen molar-refractivity contribution in [1.29, 1.82) is 0 Å². The average Bonchev–Trinajstić information content (AvgIpc) is 3.09. The van der Waals surface area contributed by atoms with Gasteiger partial charge in [-0.2, -0.15) is 11.8 Å². The van der Waals surface area contributed by atoms with Gasteiger partial charge in [0.25, 0.3) is 0 Å². The smallest absolute Gasteiger partial charge is 0.191 e. The van der Waals surface area contributed by atoms with Crippen LogP contribution in [0.25, 0.3) is 0 Å². The Morgan fingerprint density at radius 2 is 2.17 bits per heavy atom. The molecule has 5 nitrogen and oxygen atoms in total. The molecule has 0 bridgehead atoms. The predicted octanol–water partition coefficient (Wildman–Crippen LogP) is 3.27. The summed E-state index contributed by atoms with van der Waals surface area (Å²) in [6.07, 6.45) is 2.62. The van der Waals surface area contributed by atoms with E-state index in [-0.39, 0.29) is 24.0 Å². The van der Waals surface area contributed by atoms with Crippen molar-refractivity contribution in [3.05, 3.63) is 23.8 Å². The molecule has 24 heavy (non-hydrogen) atoms. The molecular formula is C17H28IN3O2S. The molecule has 136 valence electrons. The summed E-state index contributed by atoms with van der Waals surface area (Å²) in [4.78, 5) is 4.28. The standard InChI is InChI=1S/C17H27N3O2S.HI/c1-4-22-15-8-7-13(10-16(15)21-3)11-19-17(18-2)20-12-14-6-5-9-23-14;/h7-8,10,14H,4-6,9,11-12H2,1-3H3,(H2,18,19,20);1H. The van der Waals surface area contributed by atoms with Gasteiger partial charge in [0, 0.05) is 25.4 Å². The molecule has 0 aromatic heterocycles. The van der Waals surface area contributed by atoms with Crippen LogP contribution < -0.4 is 20.1 Å².